The lowest BCUT2D eigenvalue weighted by atomic mass is 10.3. The fraction of sp³-hybridized carbons (Fsp3) is 0.176. The van der Waals surface area contributed by atoms with Crippen molar-refractivity contribution in [1.82, 2.24) is 0 Å². The zero-order valence-electron chi connectivity index (χ0n) is 12.8. The van der Waals surface area contributed by atoms with Crippen molar-refractivity contribution < 1.29 is 13.5 Å². The van der Waals surface area contributed by atoms with Crippen molar-refractivity contribution in [2.24, 2.45) is 0 Å². The van der Waals surface area contributed by atoms with E-state index in [0.29, 0.717) is 18.0 Å². The molecule has 23 heavy (non-hydrogen) atoms. The van der Waals surface area contributed by atoms with Crippen molar-refractivity contribution in [3.8, 4) is 11.5 Å². The Morgan fingerprint density at radius 2 is 1.74 bits per heavy atom. The zero-order valence-corrected chi connectivity index (χ0v) is 14.5. The second-order valence-corrected chi connectivity index (χ2v) is 6.59. The molecule has 0 fully saturated rings. The Morgan fingerprint density at radius 1 is 1.17 bits per heavy atom. The first-order valence-electron chi connectivity index (χ1n) is 7.14. The number of benzene rings is 2. The molecule has 1 atom stereocenters. The van der Waals surface area contributed by atoms with Crippen LogP contribution in [0.15, 0.2) is 66.1 Å². The Hall–Kier alpha value is -1.76. The van der Waals surface area contributed by atoms with Crippen molar-refractivity contribution in [2.45, 2.75) is 11.8 Å². The van der Waals surface area contributed by atoms with Gasteiger partial charge in [-0.25, -0.2) is 4.21 Å². The van der Waals surface area contributed by atoms with Gasteiger partial charge in [-0.3, -0.25) is 8.86 Å². The van der Waals surface area contributed by atoms with E-state index in [4.69, 9.17) is 4.74 Å². The molecule has 0 radical (unpaired) electrons. The standard InChI is InChI=1S/C17H19NO3S2/c1-3-13-22-17-11-9-16(10-12-17)21-15-7-5-14(6-8-15)18(4-2)23(19)20/h3,5-12H,1,4,13H2,2H3,(H,19,20). The fourth-order valence-corrected chi connectivity index (χ4v) is 3.12. The Balaban J connectivity index is 2.03. The molecule has 2 aromatic rings. The maximum absolute atomic E-state index is 11.2. The average Bonchev–Trinajstić information content (AvgIpc) is 2.56. The average molecular weight is 349 g/mol. The molecule has 4 nitrogen and oxygen atoms in total. The molecular weight excluding hydrogens is 330 g/mol. The van der Waals surface area contributed by atoms with Gasteiger partial charge in [0.2, 0.25) is 0 Å². The van der Waals surface area contributed by atoms with E-state index in [9.17, 15) is 8.76 Å². The summed E-state index contributed by atoms with van der Waals surface area (Å²) in [7, 11) is 0. The highest BCUT2D eigenvalue weighted by molar-refractivity contribution is 7.99. The van der Waals surface area contributed by atoms with Crippen LogP contribution in [-0.4, -0.2) is 21.1 Å². The molecule has 0 saturated carbocycles. The van der Waals surface area contributed by atoms with Crippen molar-refractivity contribution >= 4 is 28.7 Å². The predicted octanol–water partition coefficient (Wildman–Crippen LogP) is 4.72. The number of hydrogen-bond donors (Lipinski definition) is 1. The Morgan fingerprint density at radius 3 is 2.22 bits per heavy atom. The number of hydrogen-bond acceptors (Lipinski definition) is 3. The number of anilines is 1. The molecule has 0 aromatic heterocycles. The van der Waals surface area contributed by atoms with Crippen LogP contribution < -0.4 is 9.04 Å². The SMILES string of the molecule is C=CCSc1ccc(Oc2ccc(N(CC)S(=O)O)cc2)cc1. The van der Waals surface area contributed by atoms with Crippen LogP contribution in [0.3, 0.4) is 0 Å². The minimum absolute atomic E-state index is 0.452. The lowest BCUT2D eigenvalue weighted by molar-refractivity contribution is 0.482. The first-order valence-corrected chi connectivity index (χ1v) is 9.19. The summed E-state index contributed by atoms with van der Waals surface area (Å²) in [5.74, 6) is 2.31. The Bertz CT molecular complexity index is 657. The number of thioether (sulfide) groups is 1. The van der Waals surface area contributed by atoms with Crippen LogP contribution >= 0.6 is 11.8 Å². The molecule has 122 valence electrons. The van der Waals surface area contributed by atoms with Gasteiger partial charge in [-0.1, -0.05) is 6.08 Å². The van der Waals surface area contributed by atoms with Crippen LogP contribution in [0, 0.1) is 0 Å². The van der Waals surface area contributed by atoms with Crippen molar-refractivity contribution in [3.05, 3.63) is 61.2 Å². The molecule has 6 heteroatoms. The molecule has 0 heterocycles. The summed E-state index contributed by atoms with van der Waals surface area (Å²) in [5, 5.41) is 0. The highest BCUT2D eigenvalue weighted by Gasteiger charge is 2.09. The van der Waals surface area contributed by atoms with Crippen LogP contribution in [-0.2, 0) is 11.3 Å². The van der Waals surface area contributed by atoms with Gasteiger partial charge in [0, 0.05) is 17.2 Å². The number of rotatable bonds is 8. The monoisotopic (exact) mass is 349 g/mol. The number of ether oxygens (including phenoxy) is 1. The van der Waals surface area contributed by atoms with Gasteiger partial charge in [-0.2, -0.15) is 0 Å². The molecule has 0 bridgehead atoms. The van der Waals surface area contributed by atoms with E-state index in [2.05, 4.69) is 6.58 Å². The van der Waals surface area contributed by atoms with Gasteiger partial charge in [0.25, 0.3) is 11.3 Å². The molecule has 1 unspecified atom stereocenters. The third-order valence-corrected chi connectivity index (χ3v) is 4.88. The minimum Gasteiger partial charge on any atom is -0.457 e. The van der Waals surface area contributed by atoms with Gasteiger partial charge in [0.15, 0.2) is 0 Å². The third kappa shape index (κ3) is 5.13. The first kappa shape index (κ1) is 17.6. The molecular formula is C17H19NO3S2. The lowest BCUT2D eigenvalue weighted by Crippen LogP contribution is -2.24. The molecule has 0 aliphatic carbocycles. The molecule has 0 aliphatic rings. The second kappa shape index (κ2) is 8.76. The summed E-state index contributed by atoms with van der Waals surface area (Å²) < 4.78 is 27.6. The van der Waals surface area contributed by atoms with Crippen LogP contribution in [0.2, 0.25) is 0 Å². The van der Waals surface area contributed by atoms with Gasteiger partial charge in [0.05, 0.1) is 5.69 Å². The van der Waals surface area contributed by atoms with Crippen LogP contribution in [0.4, 0.5) is 5.69 Å². The van der Waals surface area contributed by atoms with Gasteiger partial charge < -0.3 is 4.74 Å². The second-order valence-electron chi connectivity index (χ2n) is 4.59. The molecule has 2 rings (SSSR count). The van der Waals surface area contributed by atoms with Gasteiger partial charge in [0.1, 0.15) is 11.5 Å². The molecule has 0 saturated heterocycles. The van der Waals surface area contributed by atoms with Crippen LogP contribution in [0.25, 0.3) is 0 Å². The highest BCUT2D eigenvalue weighted by atomic mass is 32.2. The summed E-state index contributed by atoms with van der Waals surface area (Å²) in [6.07, 6.45) is 1.87. The first-order chi connectivity index (χ1) is 11.1. The third-order valence-electron chi connectivity index (χ3n) is 3.03. The summed E-state index contributed by atoms with van der Waals surface area (Å²) in [6, 6.07) is 14.9. The van der Waals surface area contributed by atoms with E-state index < -0.39 is 11.3 Å². The van der Waals surface area contributed by atoms with Gasteiger partial charge in [-0.15, -0.1) is 18.3 Å². The van der Waals surface area contributed by atoms with Crippen LogP contribution in [0.1, 0.15) is 6.92 Å². The van der Waals surface area contributed by atoms with E-state index in [1.54, 1.807) is 36.0 Å². The normalized spacial score (nSPS) is 11.7. The Labute approximate surface area is 143 Å². The lowest BCUT2D eigenvalue weighted by Gasteiger charge is -2.17. The van der Waals surface area contributed by atoms with Crippen LogP contribution in [0.5, 0.6) is 11.5 Å². The predicted molar refractivity (Wildman–Crippen MR) is 97.7 cm³/mol. The topological polar surface area (TPSA) is 49.8 Å². The maximum Gasteiger partial charge on any atom is 0.261 e. The van der Waals surface area contributed by atoms with E-state index in [1.807, 2.05) is 37.3 Å². The van der Waals surface area contributed by atoms with Crippen molar-refractivity contribution in [1.29, 1.82) is 0 Å². The molecule has 2 aromatic carbocycles. The fourth-order valence-electron chi connectivity index (χ4n) is 1.96. The van der Waals surface area contributed by atoms with E-state index in [0.717, 1.165) is 16.4 Å². The minimum atomic E-state index is -2.02. The maximum atomic E-state index is 11.2. The molecule has 1 N–H and O–H groups in total. The van der Waals surface area contributed by atoms with Gasteiger partial charge >= 0.3 is 0 Å². The summed E-state index contributed by atoms with van der Waals surface area (Å²) in [4.78, 5) is 1.16. The number of nitrogens with zero attached hydrogens (tertiary/aromatic N) is 1. The zero-order chi connectivity index (χ0) is 16.7. The van der Waals surface area contributed by atoms with Crippen molar-refractivity contribution in [2.75, 3.05) is 16.6 Å². The van der Waals surface area contributed by atoms with E-state index in [1.165, 1.54) is 4.31 Å². The molecule has 0 aliphatic heterocycles. The summed E-state index contributed by atoms with van der Waals surface area (Å²) in [6.45, 7) is 5.98. The quantitative estimate of drug-likeness (QED) is 0.426. The molecule has 0 amide bonds. The summed E-state index contributed by atoms with van der Waals surface area (Å²) >= 11 is -0.307. The highest BCUT2D eigenvalue weighted by Crippen LogP contribution is 2.27. The molecule has 0 spiro atoms. The van der Waals surface area contributed by atoms with Crippen molar-refractivity contribution in [3.63, 3.8) is 0 Å². The Kier molecular flexibility index (Phi) is 6.70. The van der Waals surface area contributed by atoms with E-state index in [-0.39, 0.29) is 0 Å². The van der Waals surface area contributed by atoms with Gasteiger partial charge in [-0.05, 0) is 55.5 Å². The largest absolute Gasteiger partial charge is 0.457 e. The smallest absolute Gasteiger partial charge is 0.261 e. The summed E-state index contributed by atoms with van der Waals surface area (Å²) in [5.41, 5.74) is 0.678. The van der Waals surface area contributed by atoms with E-state index >= 15 is 0 Å².